The molecule has 2 heterocycles. The van der Waals surface area contributed by atoms with Gasteiger partial charge in [-0.15, -0.1) is 0 Å². The Labute approximate surface area is 80.4 Å². The van der Waals surface area contributed by atoms with Crippen molar-refractivity contribution in [3.05, 3.63) is 0 Å². The van der Waals surface area contributed by atoms with E-state index in [1.165, 1.54) is 19.4 Å². The summed E-state index contributed by atoms with van der Waals surface area (Å²) in [5.41, 5.74) is 0. The third-order valence-electron chi connectivity index (χ3n) is 3.18. The highest BCUT2D eigenvalue weighted by molar-refractivity contribution is 4.81. The molecule has 3 heteroatoms. The van der Waals surface area contributed by atoms with Crippen molar-refractivity contribution in [2.45, 2.75) is 44.5 Å². The predicted molar refractivity (Wildman–Crippen MR) is 52.6 cm³/mol. The van der Waals surface area contributed by atoms with E-state index >= 15 is 0 Å². The largest absolute Gasteiger partial charge is 0.362 e. The molecule has 2 saturated heterocycles. The molecule has 2 aliphatic heterocycles. The Bertz CT molecular complexity index is 174. The standard InChI is InChI=1S/C10H20N2O/c1-8-7-13-10(11-8)6-9-4-3-5-12(9)2/h8-11H,3-7H2,1-2H3. The van der Waals surface area contributed by atoms with Gasteiger partial charge in [0.1, 0.15) is 6.23 Å². The summed E-state index contributed by atoms with van der Waals surface area (Å²) < 4.78 is 5.64. The van der Waals surface area contributed by atoms with Gasteiger partial charge in [0.25, 0.3) is 0 Å². The minimum Gasteiger partial charge on any atom is -0.362 e. The van der Waals surface area contributed by atoms with Crippen LogP contribution in [0.2, 0.25) is 0 Å². The molecule has 2 rings (SSSR count). The second kappa shape index (κ2) is 3.95. The van der Waals surface area contributed by atoms with E-state index in [9.17, 15) is 0 Å². The van der Waals surface area contributed by atoms with Crippen molar-refractivity contribution in [2.24, 2.45) is 0 Å². The van der Waals surface area contributed by atoms with Crippen molar-refractivity contribution >= 4 is 0 Å². The Morgan fingerprint density at radius 3 is 2.92 bits per heavy atom. The van der Waals surface area contributed by atoms with Crippen molar-refractivity contribution in [3.63, 3.8) is 0 Å². The fourth-order valence-corrected chi connectivity index (χ4v) is 2.33. The maximum absolute atomic E-state index is 5.64. The maximum atomic E-state index is 5.64. The lowest BCUT2D eigenvalue weighted by atomic mass is 10.1. The summed E-state index contributed by atoms with van der Waals surface area (Å²) in [6.07, 6.45) is 4.15. The molecule has 0 aromatic rings. The Morgan fingerprint density at radius 2 is 2.38 bits per heavy atom. The topological polar surface area (TPSA) is 24.5 Å². The summed E-state index contributed by atoms with van der Waals surface area (Å²) in [6.45, 7) is 4.31. The van der Waals surface area contributed by atoms with Crippen molar-refractivity contribution in [3.8, 4) is 0 Å². The van der Waals surface area contributed by atoms with E-state index in [0.717, 1.165) is 19.1 Å². The predicted octanol–water partition coefficient (Wildman–Crippen LogP) is 0.805. The Morgan fingerprint density at radius 1 is 1.54 bits per heavy atom. The number of nitrogens with zero attached hydrogens (tertiary/aromatic N) is 1. The fraction of sp³-hybridized carbons (Fsp3) is 1.00. The number of rotatable bonds is 2. The first-order valence-electron chi connectivity index (χ1n) is 5.33. The molecule has 0 bridgehead atoms. The number of likely N-dealkylation sites (tertiary alicyclic amines) is 1. The Balaban J connectivity index is 1.77. The smallest absolute Gasteiger partial charge is 0.109 e. The van der Waals surface area contributed by atoms with E-state index in [0.29, 0.717) is 12.3 Å². The zero-order chi connectivity index (χ0) is 9.26. The Kier molecular flexibility index (Phi) is 2.86. The molecule has 1 N–H and O–H groups in total. The molecule has 3 atom stereocenters. The second-order valence-corrected chi connectivity index (χ2v) is 4.40. The van der Waals surface area contributed by atoms with E-state index < -0.39 is 0 Å². The molecular weight excluding hydrogens is 164 g/mol. The molecule has 0 aromatic carbocycles. The highest BCUT2D eigenvalue weighted by Gasteiger charge is 2.28. The maximum Gasteiger partial charge on any atom is 0.109 e. The van der Waals surface area contributed by atoms with Gasteiger partial charge >= 0.3 is 0 Å². The van der Waals surface area contributed by atoms with Gasteiger partial charge in [-0.3, -0.25) is 5.32 Å². The van der Waals surface area contributed by atoms with Crippen LogP contribution in [0.4, 0.5) is 0 Å². The SMILES string of the molecule is CC1COC(CC2CCCN2C)N1. The van der Waals surface area contributed by atoms with Crippen LogP contribution in [-0.4, -0.2) is 43.4 Å². The van der Waals surface area contributed by atoms with Crippen LogP contribution in [0.25, 0.3) is 0 Å². The van der Waals surface area contributed by atoms with Crippen LogP contribution >= 0.6 is 0 Å². The molecule has 0 aliphatic carbocycles. The summed E-state index contributed by atoms with van der Waals surface area (Å²) in [6, 6.07) is 1.28. The molecule has 2 fully saturated rings. The van der Waals surface area contributed by atoms with Crippen LogP contribution in [-0.2, 0) is 4.74 Å². The summed E-state index contributed by atoms with van der Waals surface area (Å²) in [4.78, 5) is 2.45. The summed E-state index contributed by atoms with van der Waals surface area (Å²) in [7, 11) is 2.22. The van der Waals surface area contributed by atoms with Crippen LogP contribution in [0.5, 0.6) is 0 Å². The minimum atomic E-state index is 0.306. The summed E-state index contributed by atoms with van der Waals surface area (Å²) in [5.74, 6) is 0. The molecule has 0 saturated carbocycles. The number of ether oxygens (including phenoxy) is 1. The van der Waals surface area contributed by atoms with Gasteiger partial charge in [0.05, 0.1) is 6.61 Å². The zero-order valence-corrected chi connectivity index (χ0v) is 8.62. The minimum absolute atomic E-state index is 0.306. The second-order valence-electron chi connectivity index (χ2n) is 4.40. The van der Waals surface area contributed by atoms with Crippen LogP contribution in [0.1, 0.15) is 26.2 Å². The highest BCUT2D eigenvalue weighted by Crippen LogP contribution is 2.21. The van der Waals surface area contributed by atoms with Crippen LogP contribution in [0.15, 0.2) is 0 Å². The Hall–Kier alpha value is -0.120. The molecule has 2 aliphatic rings. The molecular formula is C10H20N2O. The van der Waals surface area contributed by atoms with E-state index in [4.69, 9.17) is 4.74 Å². The van der Waals surface area contributed by atoms with Crippen LogP contribution in [0.3, 0.4) is 0 Å². The van der Waals surface area contributed by atoms with Crippen LogP contribution < -0.4 is 5.32 Å². The number of hydrogen-bond donors (Lipinski definition) is 1. The lowest BCUT2D eigenvalue weighted by molar-refractivity contribution is 0.0732. The van der Waals surface area contributed by atoms with E-state index in [2.05, 4.69) is 24.2 Å². The van der Waals surface area contributed by atoms with Crippen molar-refractivity contribution < 1.29 is 4.74 Å². The lowest BCUT2D eigenvalue weighted by Crippen LogP contribution is -2.35. The van der Waals surface area contributed by atoms with E-state index in [1.807, 2.05) is 0 Å². The summed E-state index contributed by atoms with van der Waals surface area (Å²) in [5, 5.41) is 3.45. The van der Waals surface area contributed by atoms with Crippen molar-refractivity contribution in [1.29, 1.82) is 0 Å². The van der Waals surface area contributed by atoms with Crippen molar-refractivity contribution in [2.75, 3.05) is 20.2 Å². The molecule has 0 radical (unpaired) electrons. The third-order valence-corrected chi connectivity index (χ3v) is 3.18. The molecule has 76 valence electrons. The van der Waals surface area contributed by atoms with Gasteiger partial charge in [-0.2, -0.15) is 0 Å². The number of hydrogen-bond acceptors (Lipinski definition) is 3. The van der Waals surface area contributed by atoms with Crippen LogP contribution in [0, 0.1) is 0 Å². The average Bonchev–Trinajstić information content (AvgIpc) is 2.64. The zero-order valence-electron chi connectivity index (χ0n) is 8.62. The molecule has 13 heavy (non-hydrogen) atoms. The normalized spacial score (nSPS) is 41.5. The van der Waals surface area contributed by atoms with Crippen molar-refractivity contribution in [1.82, 2.24) is 10.2 Å². The first kappa shape index (κ1) is 9.44. The molecule has 3 unspecified atom stereocenters. The van der Waals surface area contributed by atoms with Gasteiger partial charge in [-0.25, -0.2) is 0 Å². The average molecular weight is 184 g/mol. The number of nitrogens with one attached hydrogen (secondary N) is 1. The van der Waals surface area contributed by atoms with Gasteiger partial charge in [-0.1, -0.05) is 0 Å². The molecule has 0 aromatic heterocycles. The first-order valence-corrected chi connectivity index (χ1v) is 5.33. The van der Waals surface area contributed by atoms with Gasteiger partial charge in [0.15, 0.2) is 0 Å². The van der Waals surface area contributed by atoms with Gasteiger partial charge in [-0.05, 0) is 33.4 Å². The molecule has 3 nitrogen and oxygen atoms in total. The highest BCUT2D eigenvalue weighted by atomic mass is 16.5. The monoisotopic (exact) mass is 184 g/mol. The lowest BCUT2D eigenvalue weighted by Gasteiger charge is -2.22. The molecule has 0 amide bonds. The molecule has 0 spiro atoms. The third kappa shape index (κ3) is 2.22. The van der Waals surface area contributed by atoms with E-state index in [1.54, 1.807) is 0 Å². The quantitative estimate of drug-likeness (QED) is 0.687. The first-order chi connectivity index (χ1) is 6.25. The van der Waals surface area contributed by atoms with E-state index in [-0.39, 0.29) is 0 Å². The fourth-order valence-electron chi connectivity index (χ4n) is 2.33. The van der Waals surface area contributed by atoms with Gasteiger partial charge in [0, 0.05) is 18.5 Å². The van der Waals surface area contributed by atoms with Gasteiger partial charge < -0.3 is 9.64 Å². The summed E-state index contributed by atoms with van der Waals surface area (Å²) >= 11 is 0. The van der Waals surface area contributed by atoms with Gasteiger partial charge in [0.2, 0.25) is 0 Å².